The van der Waals surface area contributed by atoms with Crippen LogP contribution < -0.4 is 5.32 Å². The lowest BCUT2D eigenvalue weighted by Crippen LogP contribution is -2.33. The molecule has 1 nitrogen and oxygen atoms in total. The summed E-state index contributed by atoms with van der Waals surface area (Å²) in [4.78, 5) is 0.928. The van der Waals surface area contributed by atoms with Crippen molar-refractivity contribution in [2.24, 2.45) is 0 Å². The quantitative estimate of drug-likeness (QED) is 0.766. The van der Waals surface area contributed by atoms with Gasteiger partial charge in [-0.05, 0) is 48.9 Å². The zero-order valence-corrected chi connectivity index (χ0v) is 12.8. The number of benzene rings is 2. The number of likely N-dealkylation sites (N-methyl/N-ethyl adjacent to an activating group) is 1. The Kier molecular flexibility index (Phi) is 6.21. The average Bonchev–Trinajstić information content (AvgIpc) is 2.47. The smallest absolute Gasteiger partial charge is 0.124 e. The first kappa shape index (κ1) is 16.0. The lowest BCUT2D eigenvalue weighted by Gasteiger charge is -2.17. The van der Waals surface area contributed by atoms with Crippen molar-refractivity contribution in [2.75, 3.05) is 12.3 Å². The van der Waals surface area contributed by atoms with Crippen LogP contribution >= 0.6 is 11.8 Å². The minimum Gasteiger partial charge on any atom is -0.313 e. The van der Waals surface area contributed by atoms with Gasteiger partial charge in [-0.1, -0.05) is 25.1 Å². The Morgan fingerprint density at radius 2 is 1.81 bits per heavy atom. The van der Waals surface area contributed by atoms with E-state index in [1.165, 1.54) is 18.2 Å². The van der Waals surface area contributed by atoms with Crippen molar-refractivity contribution < 1.29 is 8.78 Å². The molecular formula is C17H19F2NS. The maximum Gasteiger partial charge on any atom is 0.124 e. The number of halogens is 2. The van der Waals surface area contributed by atoms with E-state index in [9.17, 15) is 8.78 Å². The van der Waals surface area contributed by atoms with Gasteiger partial charge in [-0.3, -0.25) is 0 Å². The molecule has 0 radical (unpaired) electrons. The molecule has 0 amide bonds. The van der Waals surface area contributed by atoms with Gasteiger partial charge in [-0.15, -0.1) is 11.8 Å². The third-order valence-corrected chi connectivity index (χ3v) is 4.29. The monoisotopic (exact) mass is 307 g/mol. The highest BCUT2D eigenvalue weighted by Crippen LogP contribution is 2.20. The molecule has 0 aliphatic heterocycles. The zero-order chi connectivity index (χ0) is 15.1. The van der Waals surface area contributed by atoms with Gasteiger partial charge in [0, 0.05) is 16.7 Å². The van der Waals surface area contributed by atoms with Crippen LogP contribution in [0, 0.1) is 11.6 Å². The maximum atomic E-state index is 13.2. The summed E-state index contributed by atoms with van der Waals surface area (Å²) in [7, 11) is 0. The highest BCUT2D eigenvalue weighted by atomic mass is 32.2. The standard InChI is InChI=1S/C17H19F2NS/c1-2-20-16(10-13-6-8-14(18)9-7-13)12-21-17-5-3-4-15(19)11-17/h3-9,11,16,20H,2,10,12H2,1H3. The highest BCUT2D eigenvalue weighted by molar-refractivity contribution is 7.99. The third-order valence-electron chi connectivity index (χ3n) is 3.14. The predicted octanol–water partition coefficient (Wildman–Crippen LogP) is 4.28. The van der Waals surface area contributed by atoms with Crippen LogP contribution in [0.25, 0.3) is 0 Å². The Bertz CT molecular complexity index is 557. The Labute approximate surface area is 128 Å². The third kappa shape index (κ3) is 5.48. The summed E-state index contributed by atoms with van der Waals surface area (Å²) in [6, 6.07) is 13.5. The molecular weight excluding hydrogens is 288 g/mol. The normalized spacial score (nSPS) is 12.3. The summed E-state index contributed by atoms with van der Waals surface area (Å²) in [6.07, 6.45) is 0.830. The minimum atomic E-state index is -0.215. The first-order valence-electron chi connectivity index (χ1n) is 7.03. The molecule has 0 aliphatic rings. The van der Waals surface area contributed by atoms with E-state index in [1.807, 2.05) is 18.2 Å². The lowest BCUT2D eigenvalue weighted by atomic mass is 10.1. The second kappa shape index (κ2) is 8.15. The van der Waals surface area contributed by atoms with Crippen LogP contribution in [0.15, 0.2) is 53.4 Å². The van der Waals surface area contributed by atoms with Gasteiger partial charge in [0.05, 0.1) is 0 Å². The fourth-order valence-corrected chi connectivity index (χ4v) is 3.14. The predicted molar refractivity (Wildman–Crippen MR) is 84.7 cm³/mol. The van der Waals surface area contributed by atoms with Crippen molar-refractivity contribution in [3.05, 3.63) is 65.7 Å². The Balaban J connectivity index is 1.93. The number of rotatable bonds is 7. The van der Waals surface area contributed by atoms with Gasteiger partial charge >= 0.3 is 0 Å². The van der Waals surface area contributed by atoms with E-state index in [0.29, 0.717) is 0 Å². The molecule has 1 unspecified atom stereocenters. The number of thioether (sulfide) groups is 1. The number of nitrogens with one attached hydrogen (secondary N) is 1. The first-order chi connectivity index (χ1) is 10.2. The van der Waals surface area contributed by atoms with E-state index < -0.39 is 0 Å². The van der Waals surface area contributed by atoms with Gasteiger partial charge in [-0.25, -0.2) is 8.78 Å². The van der Waals surface area contributed by atoms with Gasteiger partial charge in [0.15, 0.2) is 0 Å². The molecule has 2 aromatic carbocycles. The highest BCUT2D eigenvalue weighted by Gasteiger charge is 2.09. The number of hydrogen-bond acceptors (Lipinski definition) is 2. The summed E-state index contributed by atoms with van der Waals surface area (Å²) in [5.74, 6) is 0.417. The van der Waals surface area contributed by atoms with E-state index >= 15 is 0 Å². The molecule has 0 saturated carbocycles. The van der Waals surface area contributed by atoms with Crippen molar-refractivity contribution in [2.45, 2.75) is 24.3 Å². The van der Waals surface area contributed by atoms with Crippen molar-refractivity contribution >= 4 is 11.8 Å². The molecule has 0 heterocycles. The summed E-state index contributed by atoms with van der Waals surface area (Å²) >= 11 is 1.63. The zero-order valence-electron chi connectivity index (χ0n) is 12.0. The second-order valence-corrected chi connectivity index (χ2v) is 5.95. The maximum absolute atomic E-state index is 13.2. The molecule has 2 rings (SSSR count). The van der Waals surface area contributed by atoms with Gasteiger partial charge in [0.2, 0.25) is 0 Å². The Morgan fingerprint density at radius 3 is 2.48 bits per heavy atom. The molecule has 0 bridgehead atoms. The van der Waals surface area contributed by atoms with Gasteiger partial charge in [0.25, 0.3) is 0 Å². The summed E-state index contributed by atoms with van der Waals surface area (Å²) < 4.78 is 26.1. The molecule has 1 atom stereocenters. The molecule has 0 aromatic heterocycles. The molecule has 112 valence electrons. The van der Waals surface area contributed by atoms with Crippen LogP contribution in [0.3, 0.4) is 0 Å². The lowest BCUT2D eigenvalue weighted by molar-refractivity contribution is 0.571. The average molecular weight is 307 g/mol. The van der Waals surface area contributed by atoms with E-state index in [2.05, 4.69) is 12.2 Å². The molecule has 21 heavy (non-hydrogen) atoms. The van der Waals surface area contributed by atoms with Crippen molar-refractivity contribution in [3.63, 3.8) is 0 Å². The van der Waals surface area contributed by atoms with Crippen LogP contribution in [-0.4, -0.2) is 18.3 Å². The molecule has 0 spiro atoms. The fraction of sp³-hybridized carbons (Fsp3) is 0.294. The molecule has 0 fully saturated rings. The summed E-state index contributed by atoms with van der Waals surface area (Å²) in [5, 5.41) is 3.42. The van der Waals surface area contributed by atoms with Gasteiger partial charge < -0.3 is 5.32 Å². The molecule has 1 N–H and O–H groups in total. The summed E-state index contributed by atoms with van der Waals surface area (Å²) in [6.45, 7) is 2.93. The van der Waals surface area contributed by atoms with Crippen molar-refractivity contribution in [1.29, 1.82) is 0 Å². The van der Waals surface area contributed by atoms with Gasteiger partial charge in [0.1, 0.15) is 11.6 Å². The van der Waals surface area contributed by atoms with E-state index in [1.54, 1.807) is 23.9 Å². The van der Waals surface area contributed by atoms with Crippen LogP contribution in [-0.2, 0) is 6.42 Å². The van der Waals surface area contributed by atoms with E-state index in [-0.39, 0.29) is 17.7 Å². The Hall–Kier alpha value is -1.39. The van der Waals surface area contributed by atoms with Crippen LogP contribution in [0.2, 0.25) is 0 Å². The van der Waals surface area contributed by atoms with Crippen molar-refractivity contribution in [1.82, 2.24) is 5.32 Å². The minimum absolute atomic E-state index is 0.210. The molecule has 0 saturated heterocycles. The van der Waals surface area contributed by atoms with Crippen LogP contribution in [0.1, 0.15) is 12.5 Å². The summed E-state index contributed by atoms with van der Waals surface area (Å²) in [5.41, 5.74) is 1.10. The topological polar surface area (TPSA) is 12.0 Å². The first-order valence-corrected chi connectivity index (χ1v) is 8.02. The SMILES string of the molecule is CCNC(CSc1cccc(F)c1)Cc1ccc(F)cc1. The van der Waals surface area contributed by atoms with Crippen LogP contribution in [0.4, 0.5) is 8.78 Å². The van der Waals surface area contributed by atoms with Crippen LogP contribution in [0.5, 0.6) is 0 Å². The fourth-order valence-electron chi connectivity index (χ4n) is 2.14. The van der Waals surface area contributed by atoms with Crippen molar-refractivity contribution in [3.8, 4) is 0 Å². The molecule has 4 heteroatoms. The van der Waals surface area contributed by atoms with E-state index in [0.717, 1.165) is 29.2 Å². The largest absolute Gasteiger partial charge is 0.313 e. The second-order valence-electron chi connectivity index (χ2n) is 4.85. The molecule has 2 aromatic rings. The molecule has 0 aliphatic carbocycles. The Morgan fingerprint density at radius 1 is 1.05 bits per heavy atom. The van der Waals surface area contributed by atoms with Gasteiger partial charge in [-0.2, -0.15) is 0 Å². The number of hydrogen-bond donors (Lipinski definition) is 1. The van der Waals surface area contributed by atoms with E-state index in [4.69, 9.17) is 0 Å².